The van der Waals surface area contributed by atoms with Crippen molar-refractivity contribution < 1.29 is 0 Å². The summed E-state index contributed by atoms with van der Waals surface area (Å²) < 4.78 is 0. The van der Waals surface area contributed by atoms with Crippen LogP contribution in [-0.2, 0) is 0 Å². The SMILES string of the molecule is CN(C)/C(N)=C\C=N. The smallest absolute Gasteiger partial charge is 0.0996 e. The van der Waals surface area contributed by atoms with Crippen LogP contribution in [0.2, 0.25) is 0 Å². The summed E-state index contributed by atoms with van der Waals surface area (Å²) in [6.07, 6.45) is 2.69. The Morgan fingerprint density at radius 3 is 2.25 bits per heavy atom. The van der Waals surface area contributed by atoms with Gasteiger partial charge in [-0.25, -0.2) is 0 Å². The fourth-order valence-corrected chi connectivity index (χ4v) is 0.234. The van der Waals surface area contributed by atoms with Crippen LogP contribution in [0.3, 0.4) is 0 Å². The Balaban J connectivity index is 3.78. The van der Waals surface area contributed by atoms with Crippen molar-refractivity contribution in [3.05, 3.63) is 11.9 Å². The van der Waals surface area contributed by atoms with Crippen molar-refractivity contribution in [3.63, 3.8) is 0 Å². The average Bonchev–Trinajstić information content (AvgIpc) is 1.67. The second-order valence-electron chi connectivity index (χ2n) is 1.65. The van der Waals surface area contributed by atoms with Gasteiger partial charge in [0.1, 0.15) is 0 Å². The number of nitrogens with zero attached hydrogens (tertiary/aromatic N) is 1. The highest BCUT2D eigenvalue weighted by atomic mass is 15.1. The van der Waals surface area contributed by atoms with Crippen LogP contribution in [0.4, 0.5) is 0 Å². The summed E-state index contributed by atoms with van der Waals surface area (Å²) in [5.74, 6) is 0.597. The molecule has 0 aromatic heterocycles. The molecule has 46 valence electrons. The Morgan fingerprint density at radius 2 is 2.12 bits per heavy atom. The third-order valence-electron chi connectivity index (χ3n) is 0.770. The van der Waals surface area contributed by atoms with Gasteiger partial charge in [0.2, 0.25) is 0 Å². The third-order valence-corrected chi connectivity index (χ3v) is 0.770. The van der Waals surface area contributed by atoms with Gasteiger partial charge in [-0.15, -0.1) is 0 Å². The van der Waals surface area contributed by atoms with Crippen molar-refractivity contribution in [2.24, 2.45) is 5.73 Å². The molecule has 0 fully saturated rings. The molecule has 0 atom stereocenters. The van der Waals surface area contributed by atoms with E-state index in [4.69, 9.17) is 11.1 Å². The van der Waals surface area contributed by atoms with E-state index < -0.39 is 0 Å². The summed E-state index contributed by atoms with van der Waals surface area (Å²) in [5, 5.41) is 6.62. The minimum absolute atomic E-state index is 0.597. The van der Waals surface area contributed by atoms with Crippen molar-refractivity contribution in [1.82, 2.24) is 4.90 Å². The Bertz CT molecular complexity index is 104. The second-order valence-corrected chi connectivity index (χ2v) is 1.65. The van der Waals surface area contributed by atoms with Crippen LogP contribution >= 0.6 is 0 Å². The van der Waals surface area contributed by atoms with E-state index in [1.165, 1.54) is 6.08 Å². The topological polar surface area (TPSA) is 53.1 Å². The van der Waals surface area contributed by atoms with Crippen molar-refractivity contribution in [2.75, 3.05) is 14.1 Å². The van der Waals surface area contributed by atoms with E-state index in [2.05, 4.69) is 0 Å². The predicted octanol–water partition coefficient (Wildman–Crippen LogP) is -0.00233. The molecule has 3 N–H and O–H groups in total. The number of rotatable bonds is 2. The summed E-state index contributed by atoms with van der Waals surface area (Å²) in [6.45, 7) is 0. The van der Waals surface area contributed by atoms with Crippen LogP contribution in [0.5, 0.6) is 0 Å². The van der Waals surface area contributed by atoms with E-state index in [9.17, 15) is 0 Å². The van der Waals surface area contributed by atoms with Gasteiger partial charge in [0.25, 0.3) is 0 Å². The van der Waals surface area contributed by atoms with Gasteiger partial charge in [0, 0.05) is 20.3 Å². The van der Waals surface area contributed by atoms with Gasteiger partial charge in [-0.3, -0.25) is 0 Å². The van der Waals surface area contributed by atoms with Gasteiger partial charge in [0.05, 0.1) is 5.82 Å². The Kier molecular flexibility index (Phi) is 2.69. The standard InChI is InChI=1S/C5H11N3/c1-8(2)5(7)3-4-6/h3-4,6H,7H2,1-2H3/b5-3-,6-4?. The zero-order valence-electron chi connectivity index (χ0n) is 5.18. The van der Waals surface area contributed by atoms with Crippen LogP contribution in [0, 0.1) is 5.41 Å². The molecule has 0 amide bonds. The van der Waals surface area contributed by atoms with Crippen molar-refractivity contribution in [3.8, 4) is 0 Å². The minimum atomic E-state index is 0.597. The highest BCUT2D eigenvalue weighted by Gasteiger charge is 1.85. The molecule has 0 bridgehead atoms. The molecule has 0 aliphatic rings. The highest BCUT2D eigenvalue weighted by molar-refractivity contribution is 5.68. The lowest BCUT2D eigenvalue weighted by Crippen LogP contribution is -2.18. The maximum Gasteiger partial charge on any atom is 0.0996 e. The number of allylic oxidation sites excluding steroid dienone is 1. The lowest BCUT2D eigenvalue weighted by atomic mass is 10.5. The van der Waals surface area contributed by atoms with Crippen LogP contribution in [-0.4, -0.2) is 25.2 Å². The summed E-state index contributed by atoms with van der Waals surface area (Å²) in [4.78, 5) is 1.74. The maximum absolute atomic E-state index is 6.62. The average molecular weight is 113 g/mol. The molecule has 0 aromatic rings. The molecule has 0 rings (SSSR count). The van der Waals surface area contributed by atoms with Crippen LogP contribution in [0.1, 0.15) is 0 Å². The molecule has 0 heterocycles. The molecular formula is C5H11N3. The Hall–Kier alpha value is -0.990. The van der Waals surface area contributed by atoms with E-state index in [-0.39, 0.29) is 0 Å². The Labute approximate surface area is 49.3 Å². The molecule has 0 aliphatic heterocycles. The molecule has 3 nitrogen and oxygen atoms in total. The van der Waals surface area contributed by atoms with Gasteiger partial charge in [0.15, 0.2) is 0 Å². The lowest BCUT2D eigenvalue weighted by Gasteiger charge is -2.09. The zero-order chi connectivity index (χ0) is 6.57. The summed E-state index contributed by atoms with van der Waals surface area (Å²) in [5.41, 5.74) is 5.36. The molecule has 0 spiro atoms. The summed E-state index contributed by atoms with van der Waals surface area (Å²) in [6, 6.07) is 0. The van der Waals surface area contributed by atoms with Crippen molar-refractivity contribution >= 4 is 6.21 Å². The summed E-state index contributed by atoms with van der Waals surface area (Å²) in [7, 11) is 3.66. The second kappa shape index (κ2) is 3.07. The molecule has 0 radical (unpaired) electrons. The summed E-state index contributed by atoms with van der Waals surface area (Å²) >= 11 is 0. The van der Waals surface area contributed by atoms with E-state index in [1.54, 1.807) is 4.90 Å². The minimum Gasteiger partial charge on any atom is -0.385 e. The molecule has 0 saturated carbocycles. The fourth-order valence-electron chi connectivity index (χ4n) is 0.234. The first-order chi connectivity index (χ1) is 3.68. The maximum atomic E-state index is 6.62. The molecule has 0 aromatic carbocycles. The molecule has 0 aliphatic carbocycles. The fraction of sp³-hybridized carbons (Fsp3) is 0.400. The predicted molar refractivity (Wildman–Crippen MR) is 34.7 cm³/mol. The van der Waals surface area contributed by atoms with Crippen LogP contribution in [0.25, 0.3) is 0 Å². The molecule has 0 unspecified atom stereocenters. The van der Waals surface area contributed by atoms with Gasteiger partial charge in [-0.05, 0) is 6.08 Å². The zero-order valence-corrected chi connectivity index (χ0v) is 5.18. The lowest BCUT2D eigenvalue weighted by molar-refractivity contribution is 0.507. The quantitative estimate of drug-likeness (QED) is 0.495. The van der Waals surface area contributed by atoms with Gasteiger partial charge in [-0.1, -0.05) is 0 Å². The van der Waals surface area contributed by atoms with Crippen molar-refractivity contribution in [2.45, 2.75) is 0 Å². The number of hydrogen-bond donors (Lipinski definition) is 2. The first-order valence-electron chi connectivity index (χ1n) is 2.32. The van der Waals surface area contributed by atoms with Gasteiger partial charge in [-0.2, -0.15) is 0 Å². The van der Waals surface area contributed by atoms with Crippen LogP contribution in [0.15, 0.2) is 11.9 Å². The third kappa shape index (κ3) is 2.23. The van der Waals surface area contributed by atoms with E-state index >= 15 is 0 Å². The normalized spacial score (nSPS) is 11.0. The van der Waals surface area contributed by atoms with Crippen LogP contribution < -0.4 is 5.73 Å². The van der Waals surface area contributed by atoms with Crippen molar-refractivity contribution in [1.29, 1.82) is 5.41 Å². The van der Waals surface area contributed by atoms with E-state index in [1.807, 2.05) is 14.1 Å². The molecular weight excluding hydrogens is 102 g/mol. The number of hydrogen-bond acceptors (Lipinski definition) is 3. The van der Waals surface area contributed by atoms with Gasteiger partial charge < -0.3 is 16.0 Å². The van der Waals surface area contributed by atoms with E-state index in [0.29, 0.717) is 5.82 Å². The highest BCUT2D eigenvalue weighted by Crippen LogP contribution is 1.83. The largest absolute Gasteiger partial charge is 0.385 e. The monoisotopic (exact) mass is 113 g/mol. The van der Waals surface area contributed by atoms with Gasteiger partial charge >= 0.3 is 0 Å². The number of nitrogens with one attached hydrogen (secondary N) is 1. The first kappa shape index (κ1) is 7.01. The Morgan fingerprint density at radius 1 is 1.62 bits per heavy atom. The molecule has 3 heteroatoms. The number of nitrogens with two attached hydrogens (primary N) is 1. The molecule has 8 heavy (non-hydrogen) atoms. The first-order valence-corrected chi connectivity index (χ1v) is 2.32. The molecule has 0 saturated heterocycles. The van der Waals surface area contributed by atoms with E-state index in [0.717, 1.165) is 6.21 Å².